The number of para-hydroxylation sites is 1. The molecule has 1 aliphatic heterocycles. The van der Waals surface area contributed by atoms with E-state index >= 15 is 0 Å². The van der Waals surface area contributed by atoms with E-state index < -0.39 is 12.0 Å². The van der Waals surface area contributed by atoms with Crippen LogP contribution in [0, 0.1) is 0 Å². The summed E-state index contributed by atoms with van der Waals surface area (Å²) >= 11 is 0. The Kier molecular flexibility index (Phi) is 3.50. The molecule has 3 aromatic rings. The van der Waals surface area contributed by atoms with Gasteiger partial charge in [-0.25, -0.2) is 0 Å². The molecule has 0 unspecified atom stereocenters. The number of carboxylic acids is 1. The van der Waals surface area contributed by atoms with Gasteiger partial charge >= 0.3 is 5.97 Å². The molecule has 24 heavy (non-hydrogen) atoms. The van der Waals surface area contributed by atoms with Gasteiger partial charge in [0.25, 0.3) is 0 Å². The first-order valence-corrected chi connectivity index (χ1v) is 7.89. The van der Waals surface area contributed by atoms with Gasteiger partial charge in [-0.2, -0.15) is 0 Å². The molecule has 122 valence electrons. The molecule has 1 aromatic heterocycles. The molecule has 5 heteroatoms. The summed E-state index contributed by atoms with van der Waals surface area (Å²) < 4.78 is 5.21. The van der Waals surface area contributed by atoms with E-state index in [4.69, 9.17) is 4.74 Å². The van der Waals surface area contributed by atoms with Crippen LogP contribution in [0.2, 0.25) is 0 Å². The van der Waals surface area contributed by atoms with E-state index in [-0.39, 0.29) is 6.04 Å². The number of H-pyrrole nitrogens is 1. The lowest BCUT2D eigenvalue weighted by Gasteiger charge is -2.29. The highest BCUT2D eigenvalue weighted by Gasteiger charge is 2.33. The van der Waals surface area contributed by atoms with Gasteiger partial charge in [-0.3, -0.25) is 10.1 Å². The molecule has 0 radical (unpaired) electrons. The number of benzene rings is 2. The number of nitrogens with one attached hydrogen (secondary N) is 2. The molecule has 3 N–H and O–H groups in total. The number of rotatable bonds is 3. The Morgan fingerprint density at radius 1 is 1.17 bits per heavy atom. The number of hydrogen-bond donors (Lipinski definition) is 3. The Labute approximate surface area is 139 Å². The van der Waals surface area contributed by atoms with E-state index in [1.807, 2.05) is 48.5 Å². The van der Waals surface area contributed by atoms with Crippen LogP contribution in [-0.2, 0) is 11.2 Å². The van der Waals surface area contributed by atoms with Crippen LogP contribution >= 0.6 is 0 Å². The maximum atomic E-state index is 11.6. The Balaban J connectivity index is 1.85. The number of aromatic amines is 1. The fourth-order valence-electron chi connectivity index (χ4n) is 3.45. The quantitative estimate of drug-likeness (QED) is 0.693. The standard InChI is InChI=1S/C19H18N2O3/c1-24-12-8-6-11(7-9-12)17-18-14(10-16(21-17)19(22)23)13-4-2-3-5-15(13)20-18/h2-9,16-17,20-21H,10H2,1H3,(H,22,23)/t16-,17-/m0/s1. The van der Waals surface area contributed by atoms with E-state index in [0.717, 1.165) is 33.5 Å². The molecule has 0 saturated carbocycles. The lowest BCUT2D eigenvalue weighted by atomic mass is 9.90. The summed E-state index contributed by atoms with van der Waals surface area (Å²) in [6.45, 7) is 0. The smallest absolute Gasteiger partial charge is 0.321 e. The van der Waals surface area contributed by atoms with Crippen LogP contribution in [0.15, 0.2) is 48.5 Å². The second kappa shape index (κ2) is 5.69. The molecular weight excluding hydrogens is 304 g/mol. The number of aromatic nitrogens is 1. The zero-order valence-electron chi connectivity index (χ0n) is 13.2. The summed E-state index contributed by atoms with van der Waals surface area (Å²) in [7, 11) is 1.63. The molecule has 0 fully saturated rings. The average molecular weight is 322 g/mol. The SMILES string of the molecule is COc1ccc([C@@H]2N[C@H](C(=O)O)Cc3c2[nH]c2ccccc32)cc1. The third kappa shape index (κ3) is 2.34. The lowest BCUT2D eigenvalue weighted by molar-refractivity contribution is -0.139. The number of ether oxygens (including phenoxy) is 1. The average Bonchev–Trinajstić information content (AvgIpc) is 2.99. The molecule has 1 aliphatic rings. The van der Waals surface area contributed by atoms with E-state index in [9.17, 15) is 9.90 Å². The fraction of sp³-hybridized carbons (Fsp3) is 0.211. The minimum atomic E-state index is -0.829. The minimum Gasteiger partial charge on any atom is -0.497 e. The lowest BCUT2D eigenvalue weighted by Crippen LogP contribution is -2.44. The molecule has 4 rings (SSSR count). The van der Waals surface area contributed by atoms with Crippen LogP contribution in [0.5, 0.6) is 5.75 Å². The summed E-state index contributed by atoms with van der Waals surface area (Å²) in [4.78, 5) is 15.1. The highest BCUT2D eigenvalue weighted by molar-refractivity contribution is 5.87. The summed E-state index contributed by atoms with van der Waals surface area (Å²) in [5, 5.41) is 13.9. The van der Waals surface area contributed by atoms with Crippen LogP contribution in [-0.4, -0.2) is 29.2 Å². The van der Waals surface area contributed by atoms with Crippen LogP contribution in [0.1, 0.15) is 22.9 Å². The maximum Gasteiger partial charge on any atom is 0.321 e. The molecule has 2 aromatic carbocycles. The van der Waals surface area contributed by atoms with Crippen molar-refractivity contribution in [2.45, 2.75) is 18.5 Å². The van der Waals surface area contributed by atoms with Crippen molar-refractivity contribution < 1.29 is 14.6 Å². The molecular formula is C19H18N2O3. The van der Waals surface area contributed by atoms with Crippen LogP contribution < -0.4 is 10.1 Å². The maximum absolute atomic E-state index is 11.6. The molecule has 0 saturated heterocycles. The minimum absolute atomic E-state index is 0.187. The van der Waals surface area contributed by atoms with Crippen molar-refractivity contribution in [2.24, 2.45) is 0 Å². The molecule has 0 spiro atoms. The molecule has 5 nitrogen and oxygen atoms in total. The highest BCUT2D eigenvalue weighted by Crippen LogP contribution is 2.35. The number of carboxylic acid groups (broad SMARTS) is 1. The number of fused-ring (bicyclic) bond motifs is 3. The number of methoxy groups -OCH3 is 1. The van der Waals surface area contributed by atoms with E-state index in [0.29, 0.717) is 6.42 Å². The molecule has 2 atom stereocenters. The third-order valence-electron chi connectivity index (χ3n) is 4.66. The summed E-state index contributed by atoms with van der Waals surface area (Å²) in [6.07, 6.45) is 0.474. The predicted molar refractivity (Wildman–Crippen MR) is 91.4 cm³/mol. The number of aliphatic carboxylic acids is 1. The van der Waals surface area contributed by atoms with Crippen molar-refractivity contribution in [3.8, 4) is 5.75 Å². The van der Waals surface area contributed by atoms with Gasteiger partial charge < -0.3 is 14.8 Å². The summed E-state index contributed by atoms with van der Waals surface area (Å²) in [6, 6.07) is 15.0. The third-order valence-corrected chi connectivity index (χ3v) is 4.66. The second-order valence-electron chi connectivity index (χ2n) is 6.03. The van der Waals surface area contributed by atoms with Crippen LogP contribution in [0.25, 0.3) is 10.9 Å². The Hall–Kier alpha value is -2.79. The first kappa shape index (κ1) is 14.8. The second-order valence-corrected chi connectivity index (χ2v) is 6.03. The zero-order chi connectivity index (χ0) is 16.7. The Bertz CT molecular complexity index is 899. The monoisotopic (exact) mass is 322 g/mol. The first-order valence-electron chi connectivity index (χ1n) is 7.89. The van der Waals surface area contributed by atoms with Gasteiger partial charge in [0.05, 0.1) is 13.2 Å². The summed E-state index contributed by atoms with van der Waals surface area (Å²) in [5.41, 5.74) is 4.17. The van der Waals surface area contributed by atoms with Crippen molar-refractivity contribution in [3.05, 3.63) is 65.4 Å². The topological polar surface area (TPSA) is 74.3 Å². The Morgan fingerprint density at radius 2 is 1.92 bits per heavy atom. The van der Waals surface area contributed by atoms with Crippen molar-refractivity contribution >= 4 is 16.9 Å². The molecule has 0 amide bonds. The Morgan fingerprint density at radius 3 is 2.62 bits per heavy atom. The van der Waals surface area contributed by atoms with Crippen LogP contribution in [0.3, 0.4) is 0 Å². The van der Waals surface area contributed by atoms with Gasteiger partial charge in [0.1, 0.15) is 11.8 Å². The van der Waals surface area contributed by atoms with Crippen molar-refractivity contribution in [1.29, 1.82) is 0 Å². The predicted octanol–water partition coefficient (Wildman–Crippen LogP) is 2.86. The number of hydrogen-bond acceptors (Lipinski definition) is 3. The van der Waals surface area contributed by atoms with Gasteiger partial charge in [-0.05, 0) is 29.3 Å². The fourth-order valence-corrected chi connectivity index (χ4v) is 3.45. The molecule has 0 aliphatic carbocycles. The molecule has 2 heterocycles. The van der Waals surface area contributed by atoms with Crippen molar-refractivity contribution in [3.63, 3.8) is 0 Å². The number of carbonyl (C=O) groups is 1. The van der Waals surface area contributed by atoms with E-state index in [2.05, 4.69) is 10.3 Å². The van der Waals surface area contributed by atoms with Gasteiger partial charge in [-0.1, -0.05) is 30.3 Å². The largest absolute Gasteiger partial charge is 0.497 e. The zero-order valence-corrected chi connectivity index (χ0v) is 13.2. The van der Waals surface area contributed by atoms with Gasteiger partial charge in [-0.15, -0.1) is 0 Å². The van der Waals surface area contributed by atoms with Crippen molar-refractivity contribution in [1.82, 2.24) is 10.3 Å². The first-order chi connectivity index (χ1) is 11.7. The van der Waals surface area contributed by atoms with Gasteiger partial charge in [0.15, 0.2) is 0 Å². The van der Waals surface area contributed by atoms with Gasteiger partial charge in [0.2, 0.25) is 0 Å². The van der Waals surface area contributed by atoms with Gasteiger partial charge in [0, 0.05) is 23.0 Å². The van der Waals surface area contributed by atoms with Crippen LogP contribution in [0.4, 0.5) is 0 Å². The highest BCUT2D eigenvalue weighted by atomic mass is 16.5. The summed E-state index contributed by atoms with van der Waals surface area (Å²) in [5.74, 6) is -0.0503. The molecule has 0 bridgehead atoms. The van der Waals surface area contributed by atoms with E-state index in [1.54, 1.807) is 7.11 Å². The van der Waals surface area contributed by atoms with E-state index in [1.165, 1.54) is 0 Å². The van der Waals surface area contributed by atoms with Crippen molar-refractivity contribution in [2.75, 3.05) is 7.11 Å². The normalized spacial score (nSPS) is 19.9.